The first-order valence-corrected chi connectivity index (χ1v) is 5.07. The standard InChI is InChI=1S/C10H21NO/c1-3-4-8-11(2)9-10(12)6-5-7-10/h12H,3-9H2,1-2H3. The Morgan fingerprint density at radius 2 is 2.08 bits per heavy atom. The van der Waals surface area contributed by atoms with Crippen molar-refractivity contribution in [3.63, 3.8) is 0 Å². The number of aliphatic hydroxyl groups is 1. The van der Waals surface area contributed by atoms with E-state index in [1.807, 2.05) is 0 Å². The number of rotatable bonds is 5. The first kappa shape index (κ1) is 10.0. The molecule has 0 aromatic carbocycles. The molecule has 0 heterocycles. The van der Waals surface area contributed by atoms with Gasteiger partial charge in [-0.2, -0.15) is 0 Å². The van der Waals surface area contributed by atoms with E-state index in [1.54, 1.807) is 0 Å². The van der Waals surface area contributed by atoms with E-state index in [1.165, 1.54) is 19.3 Å². The number of hydrogen-bond donors (Lipinski definition) is 1. The fourth-order valence-electron chi connectivity index (χ4n) is 1.75. The molecular formula is C10H21NO. The highest BCUT2D eigenvalue weighted by atomic mass is 16.3. The first-order valence-electron chi connectivity index (χ1n) is 5.07. The van der Waals surface area contributed by atoms with Gasteiger partial charge in [0.2, 0.25) is 0 Å². The summed E-state index contributed by atoms with van der Waals surface area (Å²) in [5.41, 5.74) is -0.331. The Morgan fingerprint density at radius 1 is 1.42 bits per heavy atom. The summed E-state index contributed by atoms with van der Waals surface area (Å²) in [4.78, 5) is 2.25. The van der Waals surface area contributed by atoms with Crippen LogP contribution in [-0.4, -0.2) is 35.7 Å². The van der Waals surface area contributed by atoms with Crippen LogP contribution in [0.1, 0.15) is 39.0 Å². The molecule has 0 aliphatic heterocycles. The fourth-order valence-corrected chi connectivity index (χ4v) is 1.75. The van der Waals surface area contributed by atoms with Crippen molar-refractivity contribution in [3.05, 3.63) is 0 Å². The summed E-state index contributed by atoms with van der Waals surface area (Å²) in [6, 6.07) is 0. The van der Waals surface area contributed by atoms with Gasteiger partial charge in [-0.25, -0.2) is 0 Å². The Hall–Kier alpha value is -0.0800. The average Bonchev–Trinajstić information content (AvgIpc) is 1.98. The van der Waals surface area contributed by atoms with E-state index < -0.39 is 0 Å². The monoisotopic (exact) mass is 171 g/mol. The van der Waals surface area contributed by atoms with Crippen LogP contribution in [0.4, 0.5) is 0 Å². The van der Waals surface area contributed by atoms with Crippen LogP contribution in [0.5, 0.6) is 0 Å². The maximum atomic E-state index is 9.84. The minimum Gasteiger partial charge on any atom is -0.389 e. The predicted octanol–water partition coefficient (Wildman–Crippen LogP) is 1.63. The van der Waals surface area contributed by atoms with Crippen molar-refractivity contribution >= 4 is 0 Å². The third-order valence-corrected chi connectivity index (χ3v) is 2.74. The Morgan fingerprint density at radius 3 is 2.50 bits per heavy atom. The zero-order chi connectivity index (χ0) is 9.03. The van der Waals surface area contributed by atoms with E-state index >= 15 is 0 Å². The number of hydrogen-bond acceptors (Lipinski definition) is 2. The summed E-state index contributed by atoms with van der Waals surface area (Å²) >= 11 is 0. The highest BCUT2D eigenvalue weighted by Gasteiger charge is 2.34. The van der Waals surface area contributed by atoms with Crippen molar-refractivity contribution < 1.29 is 5.11 Å². The molecular weight excluding hydrogens is 150 g/mol. The van der Waals surface area contributed by atoms with Crippen LogP contribution in [0.3, 0.4) is 0 Å². The van der Waals surface area contributed by atoms with E-state index in [2.05, 4.69) is 18.9 Å². The molecule has 2 nitrogen and oxygen atoms in total. The van der Waals surface area contributed by atoms with Gasteiger partial charge in [-0.3, -0.25) is 0 Å². The van der Waals surface area contributed by atoms with Crippen molar-refractivity contribution in [1.82, 2.24) is 4.90 Å². The Labute approximate surface area is 75.6 Å². The molecule has 0 amide bonds. The molecule has 72 valence electrons. The molecule has 12 heavy (non-hydrogen) atoms. The maximum Gasteiger partial charge on any atom is 0.0774 e. The zero-order valence-corrected chi connectivity index (χ0v) is 8.34. The number of likely N-dealkylation sites (N-methyl/N-ethyl adjacent to an activating group) is 1. The smallest absolute Gasteiger partial charge is 0.0774 e. The molecule has 1 fully saturated rings. The fraction of sp³-hybridized carbons (Fsp3) is 1.00. The predicted molar refractivity (Wildman–Crippen MR) is 51.2 cm³/mol. The van der Waals surface area contributed by atoms with E-state index in [4.69, 9.17) is 0 Å². The van der Waals surface area contributed by atoms with Crippen LogP contribution in [-0.2, 0) is 0 Å². The third-order valence-electron chi connectivity index (χ3n) is 2.74. The quantitative estimate of drug-likeness (QED) is 0.679. The van der Waals surface area contributed by atoms with Crippen molar-refractivity contribution in [2.24, 2.45) is 0 Å². The van der Waals surface area contributed by atoms with Gasteiger partial charge in [-0.05, 0) is 39.3 Å². The molecule has 0 radical (unpaired) electrons. The SMILES string of the molecule is CCCCN(C)CC1(O)CCC1. The van der Waals surface area contributed by atoms with E-state index in [-0.39, 0.29) is 5.60 Å². The lowest BCUT2D eigenvalue weighted by Crippen LogP contribution is -2.46. The molecule has 0 atom stereocenters. The van der Waals surface area contributed by atoms with Crippen LogP contribution >= 0.6 is 0 Å². The Bertz CT molecular complexity index is 132. The molecule has 1 aliphatic carbocycles. The van der Waals surface area contributed by atoms with E-state index in [0.717, 1.165) is 25.9 Å². The summed E-state index contributed by atoms with van der Waals surface area (Å²) in [7, 11) is 2.10. The van der Waals surface area contributed by atoms with Crippen molar-refractivity contribution in [2.75, 3.05) is 20.1 Å². The molecule has 2 heteroatoms. The van der Waals surface area contributed by atoms with Gasteiger partial charge in [0.15, 0.2) is 0 Å². The summed E-state index contributed by atoms with van der Waals surface area (Å²) in [6.45, 7) is 4.19. The van der Waals surface area contributed by atoms with Crippen LogP contribution in [0.15, 0.2) is 0 Å². The lowest BCUT2D eigenvalue weighted by molar-refractivity contribution is -0.0543. The minimum atomic E-state index is -0.331. The molecule has 1 N–H and O–H groups in total. The number of nitrogens with zero attached hydrogens (tertiary/aromatic N) is 1. The molecule has 0 bridgehead atoms. The Kier molecular flexibility index (Phi) is 3.53. The molecule has 1 aliphatic rings. The second-order valence-corrected chi connectivity index (χ2v) is 4.17. The topological polar surface area (TPSA) is 23.5 Å². The van der Waals surface area contributed by atoms with Gasteiger partial charge in [0.05, 0.1) is 5.60 Å². The van der Waals surface area contributed by atoms with Gasteiger partial charge < -0.3 is 10.0 Å². The lowest BCUT2D eigenvalue weighted by atomic mass is 9.80. The van der Waals surface area contributed by atoms with Gasteiger partial charge in [0.1, 0.15) is 0 Å². The summed E-state index contributed by atoms with van der Waals surface area (Å²) < 4.78 is 0. The molecule has 0 aromatic rings. The molecule has 1 rings (SSSR count). The van der Waals surface area contributed by atoms with Crippen molar-refractivity contribution in [1.29, 1.82) is 0 Å². The van der Waals surface area contributed by atoms with Gasteiger partial charge in [0.25, 0.3) is 0 Å². The van der Waals surface area contributed by atoms with Crippen LogP contribution in [0.2, 0.25) is 0 Å². The van der Waals surface area contributed by atoms with Crippen molar-refractivity contribution in [2.45, 2.75) is 44.6 Å². The average molecular weight is 171 g/mol. The zero-order valence-electron chi connectivity index (χ0n) is 8.34. The van der Waals surface area contributed by atoms with Gasteiger partial charge in [-0.1, -0.05) is 13.3 Å². The maximum absolute atomic E-state index is 9.84. The van der Waals surface area contributed by atoms with Crippen LogP contribution < -0.4 is 0 Å². The highest BCUT2D eigenvalue weighted by molar-refractivity contribution is 4.89. The van der Waals surface area contributed by atoms with Crippen LogP contribution in [0.25, 0.3) is 0 Å². The summed E-state index contributed by atoms with van der Waals surface area (Å²) in [6.07, 6.45) is 5.69. The molecule has 0 spiro atoms. The molecule has 0 saturated heterocycles. The summed E-state index contributed by atoms with van der Waals surface area (Å²) in [5.74, 6) is 0. The normalized spacial score (nSPS) is 21.0. The van der Waals surface area contributed by atoms with Crippen LogP contribution in [0, 0.1) is 0 Å². The Balaban J connectivity index is 2.12. The number of unbranched alkanes of at least 4 members (excludes halogenated alkanes) is 1. The van der Waals surface area contributed by atoms with Crippen molar-refractivity contribution in [3.8, 4) is 0 Å². The largest absolute Gasteiger partial charge is 0.389 e. The first-order chi connectivity index (χ1) is 5.66. The minimum absolute atomic E-state index is 0.331. The molecule has 0 aromatic heterocycles. The van der Waals surface area contributed by atoms with E-state index in [9.17, 15) is 5.11 Å². The second kappa shape index (κ2) is 4.24. The third kappa shape index (κ3) is 2.76. The molecule has 0 unspecified atom stereocenters. The van der Waals surface area contributed by atoms with E-state index in [0.29, 0.717) is 0 Å². The van der Waals surface area contributed by atoms with Gasteiger partial charge in [-0.15, -0.1) is 0 Å². The van der Waals surface area contributed by atoms with Gasteiger partial charge in [0, 0.05) is 6.54 Å². The molecule has 1 saturated carbocycles. The highest BCUT2D eigenvalue weighted by Crippen LogP contribution is 2.31. The second-order valence-electron chi connectivity index (χ2n) is 4.17. The lowest BCUT2D eigenvalue weighted by Gasteiger charge is -2.39. The van der Waals surface area contributed by atoms with Gasteiger partial charge >= 0.3 is 0 Å². The summed E-state index contributed by atoms with van der Waals surface area (Å²) in [5, 5.41) is 9.84.